The molecule has 1 saturated carbocycles. The Labute approximate surface area is 265 Å². The number of carbonyl (C=O) groups is 1. The molecule has 3 heterocycles. The largest absolute Gasteiger partial charge is 0.453 e. The van der Waals surface area contributed by atoms with Crippen LogP contribution in [0.15, 0.2) is 76.8 Å². The Bertz CT molecular complexity index is 1620. The van der Waals surface area contributed by atoms with Crippen LogP contribution < -0.4 is 10.2 Å². The number of rotatable bonds is 9. The van der Waals surface area contributed by atoms with Gasteiger partial charge in [-0.2, -0.15) is 10.4 Å². The van der Waals surface area contributed by atoms with Crippen molar-refractivity contribution in [1.82, 2.24) is 20.0 Å². The van der Waals surface area contributed by atoms with Gasteiger partial charge in [-0.1, -0.05) is 36.8 Å². The second kappa shape index (κ2) is 12.9. The summed E-state index contributed by atoms with van der Waals surface area (Å²) in [5, 5.41) is 18.0. The van der Waals surface area contributed by atoms with Crippen molar-refractivity contribution in [2.45, 2.75) is 53.4 Å². The first-order chi connectivity index (χ1) is 21.7. The van der Waals surface area contributed by atoms with Crippen molar-refractivity contribution in [2.75, 3.05) is 44.7 Å². The van der Waals surface area contributed by atoms with E-state index in [2.05, 4.69) is 38.4 Å². The summed E-state index contributed by atoms with van der Waals surface area (Å²) in [6.45, 7) is 4.77. The SMILES string of the molecule is COC(=O)N[C@H]1CCC[C@@H]1C(C#N)(c1ccccc1)C1CCN(CC2CN(c3ccc(S(=O)(=O)c4cnn(C)c4)cc3)C2)CC1. The third-order valence-corrected chi connectivity index (χ3v) is 12.0. The van der Waals surface area contributed by atoms with Crippen molar-refractivity contribution < 1.29 is 17.9 Å². The molecule has 0 bridgehead atoms. The van der Waals surface area contributed by atoms with E-state index in [1.54, 1.807) is 19.2 Å². The van der Waals surface area contributed by atoms with Gasteiger partial charge in [-0.15, -0.1) is 0 Å². The Hall–Kier alpha value is -3.88. The number of amides is 1. The number of nitrogens with zero attached hydrogens (tertiary/aromatic N) is 5. The van der Waals surface area contributed by atoms with Gasteiger partial charge in [-0.25, -0.2) is 13.2 Å². The van der Waals surface area contributed by atoms with E-state index < -0.39 is 21.3 Å². The molecular weight excluding hydrogens is 588 g/mol. The standard InChI is InChI=1S/C34H42N6O4S/c1-38-23-30(19-36-38)45(42,43)29-13-11-28(12-14-29)40-21-25(22-40)20-39-17-15-27(16-18-39)34(24-35,26-7-4-3-5-8-26)31-9-6-10-32(31)37-33(41)44-2/h3-5,7-8,11-14,19,23,25,27,31-32H,6,9-10,15-18,20-22H2,1-2H3,(H,37,41)/t31-,32-,34?/m0/s1. The summed E-state index contributed by atoms with van der Waals surface area (Å²) < 4.78 is 32.2. The number of likely N-dealkylation sites (tertiary alicyclic amines) is 1. The van der Waals surface area contributed by atoms with E-state index in [9.17, 15) is 18.5 Å². The number of aryl methyl sites for hydroxylation is 1. The van der Waals surface area contributed by atoms with Gasteiger partial charge in [0.2, 0.25) is 9.84 Å². The molecule has 1 aliphatic carbocycles. The van der Waals surface area contributed by atoms with Crippen LogP contribution in [-0.2, 0) is 27.0 Å². The fourth-order valence-electron chi connectivity index (χ4n) is 7.94. The van der Waals surface area contributed by atoms with E-state index in [1.165, 1.54) is 24.2 Å². The maximum Gasteiger partial charge on any atom is 0.407 e. The van der Waals surface area contributed by atoms with E-state index in [0.717, 1.165) is 76.1 Å². The number of aromatic nitrogens is 2. The van der Waals surface area contributed by atoms with Gasteiger partial charge in [-0.05, 0) is 74.5 Å². The molecule has 1 N–H and O–H groups in total. The second-order valence-electron chi connectivity index (χ2n) is 12.8. The fraction of sp³-hybridized carbons (Fsp3) is 0.500. The number of ether oxygens (including phenoxy) is 1. The molecule has 11 heteroatoms. The molecule has 3 fully saturated rings. The Morgan fingerprint density at radius 2 is 1.76 bits per heavy atom. The third-order valence-electron chi connectivity index (χ3n) is 10.2. The summed E-state index contributed by atoms with van der Waals surface area (Å²) in [6, 6.07) is 20.1. The Morgan fingerprint density at radius 3 is 2.38 bits per heavy atom. The summed E-state index contributed by atoms with van der Waals surface area (Å²) in [5.74, 6) is 0.774. The second-order valence-corrected chi connectivity index (χ2v) is 14.8. The molecule has 10 nitrogen and oxygen atoms in total. The number of hydrogen-bond donors (Lipinski definition) is 1. The Balaban J connectivity index is 1.07. The first-order valence-electron chi connectivity index (χ1n) is 15.9. The molecule has 3 aromatic rings. The van der Waals surface area contributed by atoms with Crippen LogP contribution in [-0.4, -0.2) is 75.1 Å². The fourth-order valence-corrected chi connectivity index (χ4v) is 9.18. The molecule has 3 aliphatic rings. The van der Waals surface area contributed by atoms with Gasteiger partial charge in [0.15, 0.2) is 0 Å². The van der Waals surface area contributed by atoms with E-state index in [0.29, 0.717) is 5.92 Å². The van der Waals surface area contributed by atoms with Crippen LogP contribution in [0.5, 0.6) is 0 Å². The zero-order valence-electron chi connectivity index (χ0n) is 26.0. The van der Waals surface area contributed by atoms with E-state index in [-0.39, 0.29) is 27.7 Å². The van der Waals surface area contributed by atoms with Crippen LogP contribution in [0, 0.1) is 29.1 Å². The maximum absolute atomic E-state index is 12.9. The molecule has 3 atom stereocenters. The lowest BCUT2D eigenvalue weighted by Crippen LogP contribution is -2.55. The lowest BCUT2D eigenvalue weighted by Gasteiger charge is -2.48. The van der Waals surface area contributed by atoms with E-state index in [4.69, 9.17) is 4.74 Å². The van der Waals surface area contributed by atoms with Gasteiger partial charge < -0.3 is 19.9 Å². The smallest absolute Gasteiger partial charge is 0.407 e. The molecular formula is C34H42N6O4S. The molecule has 1 aromatic heterocycles. The van der Waals surface area contributed by atoms with E-state index >= 15 is 0 Å². The van der Waals surface area contributed by atoms with Crippen LogP contribution in [0.3, 0.4) is 0 Å². The molecule has 6 rings (SSSR count). The lowest BCUT2D eigenvalue weighted by atomic mass is 9.59. The minimum Gasteiger partial charge on any atom is -0.453 e. The quantitative estimate of drug-likeness (QED) is 0.370. The van der Waals surface area contributed by atoms with Crippen molar-refractivity contribution in [2.24, 2.45) is 24.8 Å². The normalized spacial score (nSPS) is 22.7. The van der Waals surface area contributed by atoms with Gasteiger partial charge >= 0.3 is 6.09 Å². The zero-order valence-corrected chi connectivity index (χ0v) is 26.8. The average molecular weight is 631 g/mol. The number of methoxy groups -OCH3 is 1. The third kappa shape index (κ3) is 6.06. The van der Waals surface area contributed by atoms with Crippen molar-refractivity contribution >= 4 is 21.6 Å². The van der Waals surface area contributed by atoms with Gasteiger partial charge in [-0.3, -0.25) is 4.68 Å². The minimum atomic E-state index is -3.58. The van der Waals surface area contributed by atoms with E-state index in [1.807, 2.05) is 30.3 Å². The molecule has 1 amide bonds. The highest BCUT2D eigenvalue weighted by molar-refractivity contribution is 7.91. The summed E-state index contributed by atoms with van der Waals surface area (Å²) in [4.78, 5) is 17.5. The lowest BCUT2D eigenvalue weighted by molar-refractivity contribution is 0.0939. The number of nitrogens with one attached hydrogen (secondary N) is 1. The van der Waals surface area contributed by atoms with Crippen LogP contribution in [0.2, 0.25) is 0 Å². The first-order valence-corrected chi connectivity index (χ1v) is 17.3. The number of anilines is 1. The highest BCUT2D eigenvalue weighted by Gasteiger charge is 2.52. The highest BCUT2D eigenvalue weighted by Crippen LogP contribution is 2.50. The molecule has 1 unspecified atom stereocenters. The molecule has 45 heavy (non-hydrogen) atoms. The summed E-state index contributed by atoms with van der Waals surface area (Å²) in [6.07, 6.45) is 7.09. The topological polar surface area (TPSA) is 121 Å². The monoisotopic (exact) mass is 630 g/mol. The minimum absolute atomic E-state index is 0.0338. The Kier molecular flexibility index (Phi) is 8.89. The molecule has 2 saturated heterocycles. The van der Waals surface area contributed by atoms with Crippen LogP contribution >= 0.6 is 0 Å². The van der Waals surface area contributed by atoms with Gasteiger partial charge in [0.1, 0.15) is 4.90 Å². The average Bonchev–Trinajstić information content (AvgIpc) is 3.70. The number of carbonyl (C=O) groups excluding carboxylic acids is 1. The van der Waals surface area contributed by atoms with Crippen molar-refractivity contribution in [1.29, 1.82) is 5.26 Å². The maximum atomic E-state index is 12.9. The zero-order chi connectivity index (χ0) is 31.6. The highest BCUT2D eigenvalue weighted by atomic mass is 32.2. The number of alkyl carbamates (subject to hydrolysis) is 1. The number of piperidine rings is 1. The number of sulfone groups is 1. The summed E-state index contributed by atoms with van der Waals surface area (Å²) >= 11 is 0. The molecule has 0 radical (unpaired) electrons. The Morgan fingerprint density at radius 1 is 1.04 bits per heavy atom. The molecule has 2 aliphatic heterocycles. The van der Waals surface area contributed by atoms with Gasteiger partial charge in [0.05, 0.1) is 29.7 Å². The van der Waals surface area contributed by atoms with Gasteiger partial charge in [0, 0.05) is 56.4 Å². The summed E-state index contributed by atoms with van der Waals surface area (Å²) in [7, 11) is -0.494. The number of hydrogen-bond acceptors (Lipinski definition) is 8. The van der Waals surface area contributed by atoms with Gasteiger partial charge in [0.25, 0.3) is 0 Å². The molecule has 238 valence electrons. The molecule has 0 spiro atoms. The van der Waals surface area contributed by atoms with Crippen LogP contribution in [0.1, 0.15) is 37.7 Å². The predicted octanol–water partition coefficient (Wildman–Crippen LogP) is 4.39. The summed E-state index contributed by atoms with van der Waals surface area (Å²) in [5.41, 5.74) is 1.42. The van der Waals surface area contributed by atoms with Crippen molar-refractivity contribution in [3.8, 4) is 6.07 Å². The van der Waals surface area contributed by atoms with Crippen LogP contribution in [0.4, 0.5) is 10.5 Å². The van der Waals surface area contributed by atoms with Crippen molar-refractivity contribution in [3.05, 3.63) is 72.6 Å². The predicted molar refractivity (Wildman–Crippen MR) is 170 cm³/mol. The number of benzene rings is 2. The van der Waals surface area contributed by atoms with Crippen molar-refractivity contribution in [3.63, 3.8) is 0 Å². The number of nitriles is 1. The first kappa shape index (κ1) is 31.1. The molecule has 2 aromatic carbocycles. The van der Waals surface area contributed by atoms with Crippen LogP contribution in [0.25, 0.3) is 0 Å².